The topological polar surface area (TPSA) is 52.6 Å². The summed E-state index contributed by atoms with van der Waals surface area (Å²) in [5.41, 5.74) is -1.40. The highest BCUT2D eigenvalue weighted by Crippen LogP contribution is 2.40. The van der Waals surface area contributed by atoms with E-state index in [4.69, 9.17) is 32.7 Å². The van der Waals surface area contributed by atoms with Gasteiger partial charge in [0, 0.05) is 10.8 Å². The van der Waals surface area contributed by atoms with Crippen LogP contribution in [0.15, 0.2) is 30.3 Å². The van der Waals surface area contributed by atoms with Gasteiger partial charge in [0.25, 0.3) is 0 Å². The number of hydrogen-bond acceptors (Lipinski definition) is 4. The molecule has 2 aromatic carbocycles. The van der Waals surface area contributed by atoms with Crippen LogP contribution in [0, 0.1) is 11.3 Å². The van der Waals surface area contributed by atoms with E-state index < -0.39 is 17.4 Å². The Hall–Kier alpha value is -1.78. The molecule has 0 aromatic heterocycles. The fourth-order valence-electron chi connectivity index (χ4n) is 3.54. The van der Waals surface area contributed by atoms with E-state index in [-0.39, 0.29) is 35.6 Å². The SMILES string of the molecule is CCCC(OC(=O)C(CC)(CC)C(=O)Oc1c(Cl)cc(Cl)c2ccccc12)C(C)C. The Morgan fingerprint density at radius 2 is 1.57 bits per heavy atom. The molecule has 0 aliphatic heterocycles. The zero-order valence-corrected chi connectivity index (χ0v) is 19.8. The number of esters is 2. The largest absolute Gasteiger partial charge is 0.461 e. The number of ether oxygens (including phenoxy) is 2. The number of halogens is 2. The minimum atomic E-state index is -1.40. The molecule has 0 saturated heterocycles. The summed E-state index contributed by atoms with van der Waals surface area (Å²) in [5, 5.41) is 2.01. The maximum absolute atomic E-state index is 13.3. The lowest BCUT2D eigenvalue weighted by Crippen LogP contribution is -2.44. The van der Waals surface area contributed by atoms with E-state index in [1.807, 2.05) is 39.0 Å². The summed E-state index contributed by atoms with van der Waals surface area (Å²) in [4.78, 5) is 26.5. The average molecular weight is 453 g/mol. The first-order valence-electron chi connectivity index (χ1n) is 10.5. The van der Waals surface area contributed by atoms with Gasteiger partial charge in [-0.1, -0.05) is 88.5 Å². The summed E-state index contributed by atoms with van der Waals surface area (Å²) >= 11 is 12.6. The maximum atomic E-state index is 13.3. The van der Waals surface area contributed by atoms with Gasteiger partial charge in [-0.05, 0) is 31.2 Å². The molecular weight excluding hydrogens is 423 g/mol. The third kappa shape index (κ3) is 4.92. The van der Waals surface area contributed by atoms with E-state index in [2.05, 4.69) is 0 Å². The monoisotopic (exact) mass is 452 g/mol. The van der Waals surface area contributed by atoms with Gasteiger partial charge in [-0.15, -0.1) is 0 Å². The predicted molar refractivity (Wildman–Crippen MR) is 122 cm³/mol. The fraction of sp³-hybridized carbons (Fsp3) is 0.500. The van der Waals surface area contributed by atoms with Crippen molar-refractivity contribution in [2.24, 2.45) is 11.3 Å². The molecule has 6 heteroatoms. The summed E-state index contributed by atoms with van der Waals surface area (Å²) in [6.45, 7) is 9.63. The Morgan fingerprint density at radius 3 is 2.10 bits per heavy atom. The van der Waals surface area contributed by atoms with Crippen LogP contribution in [-0.4, -0.2) is 18.0 Å². The smallest absolute Gasteiger partial charge is 0.328 e. The zero-order chi connectivity index (χ0) is 22.5. The van der Waals surface area contributed by atoms with Gasteiger partial charge in [-0.25, -0.2) is 0 Å². The molecule has 0 N–H and O–H groups in total. The normalized spacial score (nSPS) is 12.8. The lowest BCUT2D eigenvalue weighted by atomic mass is 9.82. The van der Waals surface area contributed by atoms with E-state index in [0.717, 1.165) is 18.2 Å². The van der Waals surface area contributed by atoms with Crippen LogP contribution in [0.5, 0.6) is 5.75 Å². The quantitative estimate of drug-likeness (QED) is 0.228. The second-order valence-corrected chi connectivity index (χ2v) is 8.68. The van der Waals surface area contributed by atoms with Crippen molar-refractivity contribution in [2.75, 3.05) is 0 Å². The van der Waals surface area contributed by atoms with Gasteiger partial charge >= 0.3 is 11.9 Å². The highest BCUT2D eigenvalue weighted by atomic mass is 35.5. The van der Waals surface area contributed by atoms with Crippen molar-refractivity contribution in [3.05, 3.63) is 40.4 Å². The zero-order valence-electron chi connectivity index (χ0n) is 18.3. The van der Waals surface area contributed by atoms with Gasteiger partial charge in [-0.2, -0.15) is 0 Å². The minimum absolute atomic E-state index is 0.158. The first-order chi connectivity index (χ1) is 14.2. The van der Waals surface area contributed by atoms with Crippen LogP contribution in [0.25, 0.3) is 10.8 Å². The number of carbonyl (C=O) groups is 2. The highest BCUT2D eigenvalue weighted by molar-refractivity contribution is 6.40. The highest BCUT2D eigenvalue weighted by Gasteiger charge is 2.47. The summed E-state index contributed by atoms with van der Waals surface area (Å²) < 4.78 is 11.6. The molecule has 164 valence electrons. The summed E-state index contributed by atoms with van der Waals surface area (Å²) in [7, 11) is 0. The van der Waals surface area contributed by atoms with Crippen molar-refractivity contribution in [3.8, 4) is 5.75 Å². The first-order valence-corrected chi connectivity index (χ1v) is 11.3. The third-order valence-corrected chi connectivity index (χ3v) is 6.25. The maximum Gasteiger partial charge on any atom is 0.328 e. The van der Waals surface area contributed by atoms with Gasteiger partial charge < -0.3 is 9.47 Å². The number of hydrogen-bond donors (Lipinski definition) is 0. The van der Waals surface area contributed by atoms with Crippen LogP contribution < -0.4 is 4.74 Å². The standard InChI is InChI=1S/C24H30Cl2O4/c1-6-11-20(15(4)5)29-22(27)24(7-2,8-3)23(28)30-21-17-13-10-9-12-16(17)18(25)14-19(21)26/h9-10,12-15,20H,6-8,11H2,1-5H3. The molecule has 0 bridgehead atoms. The molecule has 0 heterocycles. The van der Waals surface area contributed by atoms with Gasteiger partial charge in [0.2, 0.25) is 0 Å². The van der Waals surface area contributed by atoms with Crippen LogP contribution in [0.3, 0.4) is 0 Å². The Balaban J connectivity index is 2.41. The number of fused-ring (bicyclic) bond motifs is 1. The van der Waals surface area contributed by atoms with Crippen molar-refractivity contribution in [1.82, 2.24) is 0 Å². The predicted octanol–water partition coefficient (Wildman–Crippen LogP) is 7.23. The van der Waals surface area contributed by atoms with Crippen molar-refractivity contribution in [2.45, 2.75) is 66.4 Å². The molecule has 2 rings (SSSR count). The van der Waals surface area contributed by atoms with E-state index in [0.29, 0.717) is 10.4 Å². The number of benzene rings is 2. The Morgan fingerprint density at radius 1 is 0.967 bits per heavy atom. The number of rotatable bonds is 9. The van der Waals surface area contributed by atoms with Crippen LogP contribution in [0.2, 0.25) is 10.0 Å². The molecule has 0 aliphatic carbocycles. The van der Waals surface area contributed by atoms with E-state index in [1.54, 1.807) is 26.0 Å². The Bertz CT molecular complexity index is 903. The second kappa shape index (κ2) is 10.5. The van der Waals surface area contributed by atoms with Gasteiger partial charge in [0.15, 0.2) is 11.2 Å². The van der Waals surface area contributed by atoms with Crippen LogP contribution in [-0.2, 0) is 14.3 Å². The van der Waals surface area contributed by atoms with Crippen LogP contribution in [0.4, 0.5) is 0 Å². The van der Waals surface area contributed by atoms with Crippen molar-refractivity contribution >= 4 is 45.9 Å². The molecule has 4 nitrogen and oxygen atoms in total. The Kier molecular flexibility index (Phi) is 8.57. The summed E-state index contributed by atoms with van der Waals surface area (Å²) in [5.74, 6) is -0.842. The van der Waals surface area contributed by atoms with Gasteiger partial charge in [0.1, 0.15) is 6.10 Å². The number of carbonyl (C=O) groups excluding carboxylic acids is 2. The molecule has 2 aromatic rings. The van der Waals surface area contributed by atoms with E-state index in [1.165, 1.54) is 0 Å². The molecule has 0 aliphatic rings. The van der Waals surface area contributed by atoms with Gasteiger partial charge in [0.05, 0.1) is 10.0 Å². The minimum Gasteiger partial charge on any atom is -0.461 e. The van der Waals surface area contributed by atoms with Crippen LogP contribution >= 0.6 is 23.2 Å². The van der Waals surface area contributed by atoms with Crippen molar-refractivity contribution < 1.29 is 19.1 Å². The molecule has 30 heavy (non-hydrogen) atoms. The molecule has 0 spiro atoms. The van der Waals surface area contributed by atoms with Gasteiger partial charge in [-0.3, -0.25) is 9.59 Å². The Labute approximate surface area is 188 Å². The molecular formula is C24H30Cl2O4. The third-order valence-electron chi connectivity index (χ3n) is 5.66. The molecule has 0 amide bonds. The van der Waals surface area contributed by atoms with E-state index >= 15 is 0 Å². The summed E-state index contributed by atoms with van der Waals surface area (Å²) in [6, 6.07) is 8.80. The second-order valence-electron chi connectivity index (χ2n) is 7.87. The molecule has 0 fully saturated rings. The lowest BCUT2D eigenvalue weighted by molar-refractivity contribution is -0.174. The first kappa shape index (κ1) is 24.5. The average Bonchev–Trinajstić information content (AvgIpc) is 2.72. The van der Waals surface area contributed by atoms with Crippen LogP contribution in [0.1, 0.15) is 60.3 Å². The molecule has 0 saturated carbocycles. The molecule has 1 atom stereocenters. The lowest BCUT2D eigenvalue weighted by Gasteiger charge is -2.30. The summed E-state index contributed by atoms with van der Waals surface area (Å²) in [6.07, 6.45) is 1.92. The van der Waals surface area contributed by atoms with Crippen molar-refractivity contribution in [3.63, 3.8) is 0 Å². The molecule has 1 unspecified atom stereocenters. The molecule has 0 radical (unpaired) electrons. The van der Waals surface area contributed by atoms with E-state index in [9.17, 15) is 9.59 Å². The fourth-order valence-corrected chi connectivity index (χ4v) is 4.12. The van der Waals surface area contributed by atoms with Crippen molar-refractivity contribution in [1.29, 1.82) is 0 Å².